The maximum atomic E-state index is 13.5. The van der Waals surface area contributed by atoms with E-state index in [4.69, 9.17) is 0 Å². The van der Waals surface area contributed by atoms with Crippen molar-refractivity contribution in [3.05, 3.63) is 28.2 Å². The molecule has 0 N–H and O–H groups in total. The monoisotopic (exact) mass is 305 g/mol. The van der Waals surface area contributed by atoms with Crippen LogP contribution in [-0.2, 0) is 14.3 Å². The number of esters is 2. The first kappa shape index (κ1) is 12.0. The highest BCUT2D eigenvalue weighted by atomic mass is 79.9. The number of halogens is 3. The van der Waals surface area contributed by atoms with Crippen molar-refractivity contribution in [1.82, 2.24) is 0 Å². The summed E-state index contributed by atoms with van der Waals surface area (Å²) in [5.41, 5.74) is -0.0247. The second-order valence-electron chi connectivity index (χ2n) is 3.42. The first-order chi connectivity index (χ1) is 7.97. The second-order valence-corrected chi connectivity index (χ2v) is 4.27. The molecule has 0 aliphatic carbocycles. The van der Waals surface area contributed by atoms with Crippen molar-refractivity contribution >= 4 is 33.6 Å². The number of hydrogen-bond donors (Lipinski definition) is 0. The summed E-state index contributed by atoms with van der Waals surface area (Å²) in [5.74, 6) is -3.12. The van der Waals surface area contributed by atoms with Gasteiger partial charge in [-0.15, -0.1) is 0 Å². The topological polar surface area (TPSA) is 46.6 Å². The van der Waals surface area contributed by atoms with Crippen molar-refractivity contribution in [3.63, 3.8) is 0 Å². The molecule has 0 radical (unpaired) electrons. The number of hydrogen-bond acceptors (Lipinski definition) is 4. The van der Waals surface area contributed by atoms with Gasteiger partial charge in [-0.25, -0.2) is 18.4 Å². The van der Waals surface area contributed by atoms with Gasteiger partial charge in [0, 0.05) is 6.07 Å². The molecule has 1 aromatic carbocycles. The Morgan fingerprint density at radius 3 is 2.29 bits per heavy atom. The average Bonchev–Trinajstić information content (AvgIpc) is 2.22. The molecule has 0 atom stereocenters. The fourth-order valence-corrected chi connectivity index (χ4v) is 1.82. The van der Waals surface area contributed by atoms with Gasteiger partial charge >= 0.3 is 11.9 Å². The zero-order valence-electron chi connectivity index (χ0n) is 8.37. The van der Waals surface area contributed by atoms with E-state index in [1.54, 1.807) is 0 Å². The summed E-state index contributed by atoms with van der Waals surface area (Å²) in [6.07, 6.45) is 0. The molecule has 1 aliphatic rings. The van der Waals surface area contributed by atoms with E-state index in [1.165, 1.54) is 11.0 Å². The summed E-state index contributed by atoms with van der Waals surface area (Å²) in [7, 11) is 0. The smallest absolute Gasteiger partial charge is 0.333 e. The lowest BCUT2D eigenvalue weighted by atomic mass is 10.2. The fourth-order valence-electron chi connectivity index (χ4n) is 1.48. The third kappa shape index (κ3) is 2.44. The van der Waals surface area contributed by atoms with Gasteiger partial charge in [0.25, 0.3) is 0 Å². The highest BCUT2D eigenvalue weighted by molar-refractivity contribution is 9.10. The van der Waals surface area contributed by atoms with Crippen molar-refractivity contribution in [1.29, 1.82) is 0 Å². The molecule has 7 heteroatoms. The third-order valence-corrected chi connectivity index (χ3v) is 2.81. The Morgan fingerprint density at radius 1 is 1.12 bits per heavy atom. The number of carbonyl (C=O) groups is 2. The Labute approximate surface area is 103 Å². The number of morpholine rings is 1. The highest BCUT2D eigenvalue weighted by Crippen LogP contribution is 2.27. The number of benzene rings is 1. The number of ether oxygens (including phenoxy) is 1. The Morgan fingerprint density at radius 2 is 1.71 bits per heavy atom. The molecular formula is C10H6BrF2NO3. The van der Waals surface area contributed by atoms with Crippen LogP contribution in [0.4, 0.5) is 14.5 Å². The largest absolute Gasteiger partial charge is 0.390 e. The van der Waals surface area contributed by atoms with Crippen molar-refractivity contribution in [2.24, 2.45) is 0 Å². The van der Waals surface area contributed by atoms with Gasteiger partial charge in [-0.1, -0.05) is 0 Å². The van der Waals surface area contributed by atoms with Gasteiger partial charge in [-0.3, -0.25) is 0 Å². The van der Waals surface area contributed by atoms with E-state index in [0.717, 1.165) is 0 Å². The van der Waals surface area contributed by atoms with E-state index in [0.29, 0.717) is 6.07 Å². The SMILES string of the molecule is O=C1CN(c2cc(Br)c(F)cc2F)CC(=O)O1. The fraction of sp³-hybridized carbons (Fsp3) is 0.200. The number of carbonyl (C=O) groups excluding carboxylic acids is 2. The Balaban J connectivity index is 2.36. The van der Waals surface area contributed by atoms with Crippen LogP contribution >= 0.6 is 15.9 Å². The molecule has 1 heterocycles. The van der Waals surface area contributed by atoms with E-state index >= 15 is 0 Å². The molecule has 90 valence electrons. The molecule has 1 aliphatic heterocycles. The Kier molecular flexibility index (Phi) is 3.10. The molecular weight excluding hydrogens is 300 g/mol. The van der Waals surface area contributed by atoms with Crippen molar-refractivity contribution < 1.29 is 23.1 Å². The zero-order valence-corrected chi connectivity index (χ0v) is 9.96. The standard InChI is InChI=1S/C10H6BrF2NO3/c11-5-1-8(7(13)2-6(5)12)14-3-9(15)17-10(16)4-14/h1-2H,3-4H2. The number of rotatable bonds is 1. The van der Waals surface area contributed by atoms with Gasteiger partial charge in [0.2, 0.25) is 0 Å². The number of cyclic esters (lactones) is 2. The van der Waals surface area contributed by atoms with Crippen LogP contribution in [0.25, 0.3) is 0 Å². The van der Waals surface area contributed by atoms with Gasteiger partial charge in [0.1, 0.15) is 24.7 Å². The van der Waals surface area contributed by atoms with Crippen LogP contribution in [0.15, 0.2) is 16.6 Å². The minimum atomic E-state index is -0.840. The lowest BCUT2D eigenvalue weighted by Crippen LogP contribution is -2.43. The lowest BCUT2D eigenvalue weighted by molar-refractivity contribution is -0.160. The van der Waals surface area contributed by atoms with Gasteiger partial charge in [0.05, 0.1) is 10.2 Å². The van der Waals surface area contributed by atoms with Crippen LogP contribution < -0.4 is 4.90 Å². The van der Waals surface area contributed by atoms with Gasteiger partial charge in [-0.05, 0) is 22.0 Å². The minimum absolute atomic E-state index is 0.0247. The van der Waals surface area contributed by atoms with Crippen LogP contribution in [-0.4, -0.2) is 25.0 Å². The first-order valence-corrected chi connectivity index (χ1v) is 5.39. The highest BCUT2D eigenvalue weighted by Gasteiger charge is 2.27. The summed E-state index contributed by atoms with van der Waals surface area (Å²) < 4.78 is 30.9. The first-order valence-electron chi connectivity index (χ1n) is 4.60. The molecule has 0 bridgehead atoms. The van der Waals surface area contributed by atoms with Gasteiger partial charge in [-0.2, -0.15) is 0 Å². The maximum absolute atomic E-state index is 13.5. The minimum Gasteiger partial charge on any atom is -0.390 e. The van der Waals surface area contributed by atoms with E-state index in [-0.39, 0.29) is 23.2 Å². The maximum Gasteiger partial charge on any atom is 0.333 e. The number of nitrogens with zero attached hydrogens (tertiary/aromatic N) is 1. The molecule has 0 aromatic heterocycles. The zero-order chi connectivity index (χ0) is 12.6. The summed E-state index contributed by atoms with van der Waals surface area (Å²) in [6, 6.07) is 1.86. The van der Waals surface area contributed by atoms with Crippen molar-refractivity contribution in [2.75, 3.05) is 18.0 Å². The summed E-state index contributed by atoms with van der Waals surface area (Å²) >= 11 is 2.91. The van der Waals surface area contributed by atoms with Crippen LogP contribution in [0, 0.1) is 11.6 Å². The van der Waals surface area contributed by atoms with Crippen LogP contribution in [0.1, 0.15) is 0 Å². The Bertz CT molecular complexity index is 491. The van der Waals surface area contributed by atoms with E-state index < -0.39 is 23.6 Å². The molecule has 0 unspecified atom stereocenters. The van der Waals surface area contributed by atoms with E-state index in [2.05, 4.69) is 20.7 Å². The summed E-state index contributed by atoms with van der Waals surface area (Å²) in [6.45, 7) is -0.499. The van der Waals surface area contributed by atoms with E-state index in [9.17, 15) is 18.4 Å². The molecule has 0 spiro atoms. The molecule has 1 saturated heterocycles. The third-order valence-electron chi connectivity index (χ3n) is 2.20. The summed E-state index contributed by atoms with van der Waals surface area (Å²) in [5, 5.41) is 0. The predicted molar refractivity (Wildman–Crippen MR) is 57.4 cm³/mol. The van der Waals surface area contributed by atoms with Gasteiger partial charge in [0.15, 0.2) is 0 Å². The van der Waals surface area contributed by atoms with Gasteiger partial charge < -0.3 is 9.64 Å². The Hall–Kier alpha value is -1.50. The van der Waals surface area contributed by atoms with Crippen molar-refractivity contribution in [3.8, 4) is 0 Å². The quantitative estimate of drug-likeness (QED) is 0.449. The molecule has 2 rings (SSSR count). The second kappa shape index (κ2) is 4.40. The van der Waals surface area contributed by atoms with Crippen LogP contribution in [0.3, 0.4) is 0 Å². The molecule has 1 fully saturated rings. The normalized spacial score (nSPS) is 16.1. The predicted octanol–water partition coefficient (Wildman–Crippen LogP) is 1.62. The van der Waals surface area contributed by atoms with Crippen molar-refractivity contribution in [2.45, 2.75) is 0 Å². The molecule has 0 amide bonds. The lowest BCUT2D eigenvalue weighted by Gasteiger charge is -2.26. The van der Waals surface area contributed by atoms with E-state index in [1.807, 2.05) is 0 Å². The molecule has 17 heavy (non-hydrogen) atoms. The molecule has 4 nitrogen and oxygen atoms in total. The van der Waals surface area contributed by atoms with Crippen LogP contribution in [0.2, 0.25) is 0 Å². The number of anilines is 1. The summed E-state index contributed by atoms with van der Waals surface area (Å²) in [4.78, 5) is 23.2. The van der Waals surface area contributed by atoms with Crippen LogP contribution in [0.5, 0.6) is 0 Å². The average molecular weight is 306 g/mol. The molecule has 0 saturated carbocycles. The molecule has 1 aromatic rings.